The highest BCUT2D eigenvalue weighted by molar-refractivity contribution is 5.81. The second-order valence-corrected chi connectivity index (χ2v) is 5.42. The third-order valence-electron chi connectivity index (χ3n) is 3.14. The summed E-state index contributed by atoms with van der Waals surface area (Å²) in [6.45, 7) is 5.41. The number of ether oxygens (including phenoxy) is 4. The minimum absolute atomic E-state index is 0.133. The maximum Gasteiger partial charge on any atom is 0.330 e. The largest absolute Gasteiger partial charge is 0.487 e. The summed E-state index contributed by atoms with van der Waals surface area (Å²) in [6.07, 6.45) is 0.301. The SMILES string of the molecule is C=CC(=O)OCC(O)COc1ccc(C=O)cc1OCC(O)COC(=O)C=C. The van der Waals surface area contributed by atoms with Gasteiger partial charge in [0.05, 0.1) is 0 Å². The number of carbonyl (C=O) groups excluding carboxylic acids is 3. The first-order chi connectivity index (χ1) is 13.4. The van der Waals surface area contributed by atoms with Crippen molar-refractivity contribution in [2.75, 3.05) is 26.4 Å². The van der Waals surface area contributed by atoms with Crippen LogP contribution in [0.3, 0.4) is 0 Å². The molecule has 0 heterocycles. The predicted molar refractivity (Wildman–Crippen MR) is 97.1 cm³/mol. The lowest BCUT2D eigenvalue weighted by atomic mass is 10.2. The van der Waals surface area contributed by atoms with Crippen LogP contribution in [0.5, 0.6) is 11.5 Å². The van der Waals surface area contributed by atoms with Crippen LogP contribution in [0.25, 0.3) is 0 Å². The third-order valence-corrected chi connectivity index (χ3v) is 3.14. The summed E-state index contributed by atoms with van der Waals surface area (Å²) in [7, 11) is 0. The molecule has 0 aromatic heterocycles. The Kier molecular flexibility index (Phi) is 10.0. The van der Waals surface area contributed by atoms with Crippen molar-refractivity contribution in [3.05, 3.63) is 49.1 Å². The van der Waals surface area contributed by atoms with Gasteiger partial charge in [0, 0.05) is 17.7 Å². The van der Waals surface area contributed by atoms with Crippen molar-refractivity contribution in [3.63, 3.8) is 0 Å². The molecule has 2 N–H and O–H groups in total. The zero-order chi connectivity index (χ0) is 20.9. The molecule has 1 rings (SSSR count). The van der Waals surface area contributed by atoms with Crippen molar-refractivity contribution in [3.8, 4) is 11.5 Å². The molecule has 28 heavy (non-hydrogen) atoms. The molecule has 0 aliphatic heterocycles. The quantitative estimate of drug-likeness (QED) is 0.278. The van der Waals surface area contributed by atoms with Gasteiger partial charge in [0.1, 0.15) is 44.9 Å². The number of carbonyl (C=O) groups is 3. The molecule has 2 atom stereocenters. The molecule has 0 aliphatic rings. The second-order valence-electron chi connectivity index (χ2n) is 5.42. The van der Waals surface area contributed by atoms with E-state index in [0.717, 1.165) is 12.2 Å². The Labute approximate surface area is 161 Å². The molecule has 9 nitrogen and oxygen atoms in total. The van der Waals surface area contributed by atoms with Gasteiger partial charge >= 0.3 is 11.9 Å². The maximum absolute atomic E-state index is 11.0. The minimum atomic E-state index is -1.12. The third kappa shape index (κ3) is 8.47. The number of aliphatic hydroxyl groups excluding tert-OH is 2. The summed E-state index contributed by atoms with van der Waals surface area (Å²) < 4.78 is 20.2. The molecule has 0 aliphatic carbocycles. The number of aldehydes is 1. The topological polar surface area (TPSA) is 129 Å². The Balaban J connectivity index is 2.64. The second kappa shape index (κ2) is 12.3. The number of benzene rings is 1. The Morgan fingerprint density at radius 3 is 1.86 bits per heavy atom. The van der Waals surface area contributed by atoms with Crippen molar-refractivity contribution >= 4 is 18.2 Å². The van der Waals surface area contributed by atoms with Crippen molar-refractivity contribution in [2.24, 2.45) is 0 Å². The van der Waals surface area contributed by atoms with Crippen LogP contribution in [0.2, 0.25) is 0 Å². The monoisotopic (exact) mass is 394 g/mol. The molecular weight excluding hydrogens is 372 g/mol. The Morgan fingerprint density at radius 1 is 0.893 bits per heavy atom. The highest BCUT2D eigenvalue weighted by atomic mass is 16.6. The molecular formula is C19H22O9. The van der Waals surface area contributed by atoms with E-state index in [9.17, 15) is 24.6 Å². The van der Waals surface area contributed by atoms with E-state index in [0.29, 0.717) is 11.8 Å². The zero-order valence-corrected chi connectivity index (χ0v) is 15.1. The molecule has 1 aromatic rings. The Hall–Kier alpha value is -3.17. The first-order valence-corrected chi connectivity index (χ1v) is 8.19. The average molecular weight is 394 g/mol. The van der Waals surface area contributed by atoms with Gasteiger partial charge in [-0.2, -0.15) is 0 Å². The van der Waals surface area contributed by atoms with Gasteiger partial charge in [0.25, 0.3) is 0 Å². The molecule has 0 saturated carbocycles. The van der Waals surface area contributed by atoms with E-state index in [-0.39, 0.29) is 37.9 Å². The number of hydrogen-bond acceptors (Lipinski definition) is 9. The van der Waals surface area contributed by atoms with Crippen LogP contribution < -0.4 is 9.47 Å². The highest BCUT2D eigenvalue weighted by Gasteiger charge is 2.14. The van der Waals surface area contributed by atoms with E-state index in [1.54, 1.807) is 0 Å². The Bertz CT molecular complexity index is 699. The summed E-state index contributed by atoms with van der Waals surface area (Å²) in [5, 5.41) is 19.6. The first-order valence-electron chi connectivity index (χ1n) is 8.19. The van der Waals surface area contributed by atoms with Crippen molar-refractivity contribution < 1.29 is 43.5 Å². The van der Waals surface area contributed by atoms with Crippen LogP contribution >= 0.6 is 0 Å². The summed E-state index contributed by atoms with van der Waals surface area (Å²) >= 11 is 0. The summed E-state index contributed by atoms with van der Waals surface area (Å²) in [5.41, 5.74) is 0.301. The molecule has 0 bridgehead atoms. The first kappa shape index (κ1) is 22.9. The lowest BCUT2D eigenvalue weighted by Gasteiger charge is -2.17. The van der Waals surface area contributed by atoms with Crippen LogP contribution in [0, 0.1) is 0 Å². The fraction of sp³-hybridized carbons (Fsp3) is 0.316. The van der Waals surface area contributed by atoms with Gasteiger partial charge in [0.2, 0.25) is 0 Å². The summed E-state index contributed by atoms with van der Waals surface area (Å²) in [6, 6.07) is 4.31. The van der Waals surface area contributed by atoms with E-state index in [1.165, 1.54) is 18.2 Å². The van der Waals surface area contributed by atoms with Gasteiger partial charge in [0.15, 0.2) is 11.5 Å². The predicted octanol–water partition coefficient (Wildman–Crippen LogP) is 0.437. The van der Waals surface area contributed by atoms with Crippen LogP contribution in [-0.2, 0) is 19.1 Å². The van der Waals surface area contributed by atoms with Crippen molar-refractivity contribution in [2.45, 2.75) is 12.2 Å². The Morgan fingerprint density at radius 2 is 1.39 bits per heavy atom. The van der Waals surface area contributed by atoms with Gasteiger partial charge in [-0.15, -0.1) is 0 Å². The van der Waals surface area contributed by atoms with Crippen LogP contribution in [-0.4, -0.2) is 67.1 Å². The van der Waals surface area contributed by atoms with Gasteiger partial charge < -0.3 is 29.2 Å². The summed E-state index contributed by atoms with van der Waals surface area (Å²) in [4.78, 5) is 32.9. The number of rotatable bonds is 13. The van der Waals surface area contributed by atoms with E-state index in [1.807, 2.05) is 0 Å². The van der Waals surface area contributed by atoms with E-state index < -0.39 is 24.1 Å². The number of aliphatic hydroxyl groups is 2. The van der Waals surface area contributed by atoms with E-state index >= 15 is 0 Å². The van der Waals surface area contributed by atoms with E-state index in [2.05, 4.69) is 13.2 Å². The molecule has 9 heteroatoms. The lowest BCUT2D eigenvalue weighted by Crippen LogP contribution is -2.26. The number of hydrogen-bond donors (Lipinski definition) is 2. The zero-order valence-electron chi connectivity index (χ0n) is 15.1. The average Bonchev–Trinajstić information content (AvgIpc) is 2.72. The lowest BCUT2D eigenvalue weighted by molar-refractivity contribution is -0.142. The van der Waals surface area contributed by atoms with Crippen molar-refractivity contribution in [1.82, 2.24) is 0 Å². The fourth-order valence-corrected chi connectivity index (χ4v) is 1.77. The minimum Gasteiger partial charge on any atom is -0.487 e. The van der Waals surface area contributed by atoms with Gasteiger partial charge in [-0.3, -0.25) is 4.79 Å². The van der Waals surface area contributed by atoms with Crippen LogP contribution in [0.15, 0.2) is 43.5 Å². The highest BCUT2D eigenvalue weighted by Crippen LogP contribution is 2.28. The molecule has 0 fully saturated rings. The fourth-order valence-electron chi connectivity index (χ4n) is 1.77. The van der Waals surface area contributed by atoms with E-state index in [4.69, 9.17) is 18.9 Å². The van der Waals surface area contributed by atoms with Gasteiger partial charge in [-0.05, 0) is 18.2 Å². The molecule has 0 saturated heterocycles. The standard InChI is InChI=1S/C19H22O9/c1-3-18(23)27-11-14(21)9-25-16-6-5-13(8-20)7-17(16)26-10-15(22)12-28-19(24)4-2/h3-8,14-15,21-22H,1-2,9-12H2. The smallest absolute Gasteiger partial charge is 0.330 e. The number of esters is 2. The molecule has 0 radical (unpaired) electrons. The molecule has 2 unspecified atom stereocenters. The molecule has 1 aromatic carbocycles. The molecule has 0 amide bonds. The summed E-state index contributed by atoms with van der Waals surface area (Å²) in [5.74, 6) is -1.04. The van der Waals surface area contributed by atoms with Gasteiger partial charge in [-0.1, -0.05) is 13.2 Å². The van der Waals surface area contributed by atoms with Gasteiger partial charge in [-0.25, -0.2) is 9.59 Å². The van der Waals surface area contributed by atoms with Crippen molar-refractivity contribution in [1.29, 1.82) is 0 Å². The maximum atomic E-state index is 11.0. The normalized spacial score (nSPS) is 12.2. The van der Waals surface area contributed by atoms with Crippen LogP contribution in [0.4, 0.5) is 0 Å². The van der Waals surface area contributed by atoms with Crippen LogP contribution in [0.1, 0.15) is 10.4 Å². The molecule has 0 spiro atoms. The molecule has 152 valence electrons.